The Morgan fingerprint density at radius 3 is 1.85 bits per heavy atom. The molecule has 0 spiro atoms. The van der Waals surface area contributed by atoms with Gasteiger partial charge in [-0.25, -0.2) is 0 Å². The van der Waals surface area contributed by atoms with Gasteiger partial charge in [0.2, 0.25) is 23.6 Å². The Labute approximate surface area is 271 Å². The van der Waals surface area contributed by atoms with Gasteiger partial charge in [0.15, 0.2) is 11.6 Å². The zero-order valence-electron chi connectivity index (χ0n) is 27.7. The lowest BCUT2D eigenvalue weighted by atomic mass is 9.97. The lowest BCUT2D eigenvalue weighted by Gasteiger charge is -2.35. The summed E-state index contributed by atoms with van der Waals surface area (Å²) in [5.41, 5.74) is 1.74. The van der Waals surface area contributed by atoms with E-state index < -0.39 is 24.0 Å². The third-order valence-corrected chi connectivity index (χ3v) is 8.12. The summed E-state index contributed by atoms with van der Waals surface area (Å²) in [4.78, 5) is 80.5. The van der Waals surface area contributed by atoms with E-state index in [9.17, 15) is 28.8 Å². The number of hydrogen-bond donors (Lipinski definition) is 4. The van der Waals surface area contributed by atoms with Crippen molar-refractivity contribution in [3.05, 3.63) is 59.4 Å². The van der Waals surface area contributed by atoms with Crippen molar-refractivity contribution in [2.75, 3.05) is 33.2 Å². The first-order valence-electron chi connectivity index (χ1n) is 15.9. The molecule has 0 saturated carbocycles. The number of nitrogens with zero attached hydrogens (tertiary/aromatic N) is 2. The predicted octanol–water partition coefficient (Wildman–Crippen LogP) is 1.08. The van der Waals surface area contributed by atoms with Crippen molar-refractivity contribution >= 4 is 35.2 Å². The Bertz CT molecular complexity index is 1360. The molecule has 4 N–H and O–H groups in total. The summed E-state index contributed by atoms with van der Waals surface area (Å²) in [6.07, 6.45) is 4.25. The highest BCUT2D eigenvalue weighted by molar-refractivity contribution is 5.99. The van der Waals surface area contributed by atoms with Gasteiger partial charge < -0.3 is 31.1 Å². The Morgan fingerprint density at radius 2 is 1.35 bits per heavy atom. The highest BCUT2D eigenvalue weighted by Gasteiger charge is 2.34. The van der Waals surface area contributed by atoms with Crippen LogP contribution >= 0.6 is 0 Å². The van der Waals surface area contributed by atoms with Crippen molar-refractivity contribution in [2.24, 2.45) is 11.8 Å². The van der Waals surface area contributed by atoms with E-state index in [0.29, 0.717) is 17.8 Å². The second-order valence-electron chi connectivity index (χ2n) is 12.6. The van der Waals surface area contributed by atoms with Crippen LogP contribution in [0.3, 0.4) is 0 Å². The summed E-state index contributed by atoms with van der Waals surface area (Å²) in [7, 11) is 1.56. The third kappa shape index (κ3) is 10.3. The van der Waals surface area contributed by atoms with Crippen LogP contribution in [0.1, 0.15) is 53.0 Å². The smallest absolute Gasteiger partial charge is 0.246 e. The van der Waals surface area contributed by atoms with Crippen LogP contribution in [0.25, 0.3) is 0 Å². The van der Waals surface area contributed by atoms with Crippen molar-refractivity contribution < 1.29 is 28.8 Å². The molecule has 2 aliphatic rings. The van der Waals surface area contributed by atoms with E-state index >= 15 is 0 Å². The molecule has 46 heavy (non-hydrogen) atoms. The van der Waals surface area contributed by atoms with Crippen molar-refractivity contribution in [3.8, 4) is 0 Å². The Hall–Kier alpha value is -4.48. The average Bonchev–Trinajstić information content (AvgIpc) is 3.01. The fraction of sp³-hybridized carbons (Fsp3) is 0.529. The summed E-state index contributed by atoms with van der Waals surface area (Å²) >= 11 is 0. The monoisotopic (exact) mass is 636 g/mol. The average molecular weight is 637 g/mol. The molecule has 2 aliphatic heterocycles. The van der Waals surface area contributed by atoms with Crippen LogP contribution in [0.15, 0.2) is 53.9 Å². The first kappa shape index (κ1) is 36.0. The van der Waals surface area contributed by atoms with Gasteiger partial charge >= 0.3 is 0 Å². The molecule has 3 rings (SSSR count). The first-order valence-corrected chi connectivity index (χ1v) is 15.9. The first-order chi connectivity index (χ1) is 21.8. The molecule has 12 nitrogen and oxygen atoms in total. The summed E-state index contributed by atoms with van der Waals surface area (Å²) in [5, 5.41) is 11.8. The van der Waals surface area contributed by atoms with Crippen LogP contribution in [-0.4, -0.2) is 96.3 Å². The second-order valence-corrected chi connectivity index (χ2v) is 12.6. The Balaban J connectivity index is 1.77. The number of carbonyl (C=O) groups is 6. The van der Waals surface area contributed by atoms with Crippen LogP contribution in [0, 0.1) is 11.8 Å². The van der Waals surface area contributed by atoms with Gasteiger partial charge in [-0.05, 0) is 23.8 Å². The number of hydrogen-bond acceptors (Lipinski definition) is 8. The normalized spacial score (nSPS) is 17.7. The number of amides is 4. The van der Waals surface area contributed by atoms with Gasteiger partial charge in [-0.3, -0.25) is 28.8 Å². The van der Waals surface area contributed by atoms with E-state index in [1.807, 2.05) is 58.0 Å². The van der Waals surface area contributed by atoms with Gasteiger partial charge in [0.1, 0.15) is 18.1 Å². The lowest BCUT2D eigenvalue weighted by Crippen LogP contribution is -2.55. The molecular formula is C34H48N6O6. The van der Waals surface area contributed by atoms with Crippen molar-refractivity contribution in [1.82, 2.24) is 31.1 Å². The Kier molecular flexibility index (Phi) is 13.1. The highest BCUT2D eigenvalue weighted by atomic mass is 16.2. The number of carbonyl (C=O) groups excluding carboxylic acids is 6. The maximum absolute atomic E-state index is 13.9. The minimum atomic E-state index is -0.869. The Morgan fingerprint density at radius 1 is 0.804 bits per heavy atom. The largest absolute Gasteiger partial charge is 0.375 e. The van der Waals surface area contributed by atoms with Gasteiger partial charge in [0, 0.05) is 43.9 Å². The van der Waals surface area contributed by atoms with E-state index in [2.05, 4.69) is 21.3 Å². The van der Waals surface area contributed by atoms with Gasteiger partial charge in [-0.15, -0.1) is 0 Å². The maximum Gasteiger partial charge on any atom is 0.246 e. The molecule has 4 atom stereocenters. The summed E-state index contributed by atoms with van der Waals surface area (Å²) < 4.78 is 0. The van der Waals surface area contributed by atoms with Crippen LogP contribution in [0.4, 0.5) is 0 Å². The molecule has 1 aromatic carbocycles. The van der Waals surface area contributed by atoms with Crippen molar-refractivity contribution in [1.29, 1.82) is 0 Å². The van der Waals surface area contributed by atoms with E-state index in [0.717, 1.165) is 12.0 Å². The summed E-state index contributed by atoms with van der Waals surface area (Å²) in [5.74, 6) is -1.81. The fourth-order valence-electron chi connectivity index (χ4n) is 5.67. The van der Waals surface area contributed by atoms with Gasteiger partial charge in [0.05, 0.1) is 26.2 Å². The SMILES string of the molecule is CCC(C)C(NC1=CC(=O)CN(C(=O)C(CC(C)C)NC2=CC(=O)CN(C(=O)C(Cc3ccccc3)NC(C)=O)C2)C1)C(=O)NC. The lowest BCUT2D eigenvalue weighted by molar-refractivity contribution is -0.138. The minimum absolute atomic E-state index is 0.0169. The molecule has 0 aromatic heterocycles. The molecule has 0 fully saturated rings. The molecule has 0 radical (unpaired) electrons. The highest BCUT2D eigenvalue weighted by Crippen LogP contribution is 2.18. The van der Waals surface area contributed by atoms with E-state index in [-0.39, 0.29) is 73.7 Å². The maximum atomic E-state index is 13.9. The molecule has 12 heteroatoms. The zero-order chi connectivity index (χ0) is 34.0. The molecule has 0 saturated heterocycles. The molecule has 2 heterocycles. The van der Waals surface area contributed by atoms with Crippen LogP contribution in [0.5, 0.6) is 0 Å². The molecule has 0 bridgehead atoms. The number of ketones is 2. The number of rotatable bonds is 14. The fourth-order valence-corrected chi connectivity index (χ4v) is 5.67. The topological polar surface area (TPSA) is 157 Å². The quantitative estimate of drug-likeness (QED) is 0.236. The van der Waals surface area contributed by atoms with Crippen LogP contribution in [0.2, 0.25) is 0 Å². The van der Waals surface area contributed by atoms with E-state index in [1.54, 1.807) is 7.05 Å². The minimum Gasteiger partial charge on any atom is -0.375 e. The molecule has 4 unspecified atom stereocenters. The molecule has 250 valence electrons. The van der Waals surface area contributed by atoms with Crippen LogP contribution < -0.4 is 21.3 Å². The van der Waals surface area contributed by atoms with Gasteiger partial charge in [-0.1, -0.05) is 64.4 Å². The third-order valence-electron chi connectivity index (χ3n) is 8.12. The van der Waals surface area contributed by atoms with Gasteiger partial charge in [0.25, 0.3) is 0 Å². The molecule has 0 aliphatic carbocycles. The summed E-state index contributed by atoms with van der Waals surface area (Å²) in [6, 6.07) is 7.07. The summed E-state index contributed by atoms with van der Waals surface area (Å²) in [6.45, 7) is 9.08. The zero-order valence-corrected chi connectivity index (χ0v) is 27.7. The van der Waals surface area contributed by atoms with Gasteiger partial charge in [-0.2, -0.15) is 0 Å². The standard InChI is InChI=1S/C34H48N6O6/c1-7-22(4)31(32(44)35-6)38-26-16-28(43)20-40(18-26)33(45)29(13-21(2)3)37-25-15-27(42)19-39(17-25)34(46)30(36-23(5)41)14-24-11-9-8-10-12-24/h8-12,15-16,21-22,29-31,37-38H,7,13-14,17-20H2,1-6H3,(H,35,44)(H,36,41). The predicted molar refractivity (Wildman–Crippen MR) is 174 cm³/mol. The number of nitrogens with one attached hydrogen (secondary N) is 4. The number of likely N-dealkylation sites (N-methyl/N-ethyl adjacent to an activating group) is 1. The molecule has 4 amide bonds. The van der Waals surface area contributed by atoms with E-state index in [1.165, 1.54) is 28.9 Å². The number of benzene rings is 1. The van der Waals surface area contributed by atoms with Crippen molar-refractivity contribution in [2.45, 2.75) is 72.0 Å². The van der Waals surface area contributed by atoms with Crippen molar-refractivity contribution in [3.63, 3.8) is 0 Å². The second kappa shape index (κ2) is 16.7. The van der Waals surface area contributed by atoms with E-state index in [4.69, 9.17) is 0 Å². The molecular weight excluding hydrogens is 588 g/mol. The van der Waals surface area contributed by atoms with Crippen LogP contribution in [-0.2, 0) is 35.2 Å². The molecule has 1 aromatic rings.